The monoisotopic (exact) mass is 283 g/mol. The van der Waals surface area contributed by atoms with Gasteiger partial charge in [-0.2, -0.15) is 5.26 Å². The van der Waals surface area contributed by atoms with Crippen LogP contribution in [0.1, 0.15) is 5.56 Å². The zero-order chi connectivity index (χ0) is 15.4. The molecular weight excluding hydrogens is 269 g/mol. The Bertz CT molecular complexity index is 822. The van der Waals surface area contributed by atoms with Gasteiger partial charge >= 0.3 is 0 Å². The van der Waals surface area contributed by atoms with E-state index in [9.17, 15) is 4.39 Å². The predicted octanol–water partition coefficient (Wildman–Crippen LogP) is 3.67. The summed E-state index contributed by atoms with van der Waals surface area (Å²) in [5.74, 6) is 0.702. The Morgan fingerprint density at radius 1 is 1.10 bits per heavy atom. The number of hydrogen-bond donors (Lipinski definition) is 0. The summed E-state index contributed by atoms with van der Waals surface area (Å²) in [6.45, 7) is 3.47. The highest BCUT2D eigenvalue weighted by Crippen LogP contribution is 2.22. The van der Waals surface area contributed by atoms with Gasteiger partial charge in [0.1, 0.15) is 5.75 Å². The van der Waals surface area contributed by atoms with E-state index < -0.39 is 5.82 Å². The summed E-state index contributed by atoms with van der Waals surface area (Å²) in [6, 6.07) is 12.3. The molecule has 2 aliphatic rings. The van der Waals surface area contributed by atoms with Crippen molar-refractivity contribution in [3.05, 3.63) is 64.8 Å². The number of hydrogen-bond acceptors (Lipinski definition) is 3. The second-order valence-electron chi connectivity index (χ2n) is 4.35. The van der Waals surface area contributed by atoms with Gasteiger partial charge in [0, 0.05) is 5.22 Å². The standard InChI is InChI=1S/C10H8FNO.C7H6O/c1-7(6-12)8-3-4-10(13-2)9(11)5-8;1-8-7-4-5-2-3-6(5)7/h3-5H,1H2,2H3;2-4H,1H3. The van der Waals surface area contributed by atoms with Crippen LogP contribution in [0.25, 0.3) is 5.57 Å². The highest BCUT2D eigenvalue weighted by Gasteiger charge is 2.05. The maximum Gasteiger partial charge on any atom is 0.165 e. The first kappa shape index (κ1) is 14.6. The Labute approximate surface area is 122 Å². The molecule has 3 rings (SSSR count). The van der Waals surface area contributed by atoms with Crippen LogP contribution in [0.5, 0.6) is 11.5 Å². The molecule has 1 aromatic rings. The number of nitrogens with zero attached hydrogens (tertiary/aromatic N) is 1. The smallest absolute Gasteiger partial charge is 0.165 e. The van der Waals surface area contributed by atoms with Gasteiger partial charge in [0.25, 0.3) is 0 Å². The molecule has 3 nitrogen and oxygen atoms in total. The first-order valence-electron chi connectivity index (χ1n) is 6.22. The largest absolute Gasteiger partial charge is 0.496 e. The Morgan fingerprint density at radius 3 is 2.14 bits per heavy atom. The molecule has 0 fully saturated rings. The molecule has 0 atom stereocenters. The second kappa shape index (κ2) is 6.10. The average Bonchev–Trinajstić information content (AvgIpc) is 2.49. The summed E-state index contributed by atoms with van der Waals surface area (Å²) in [4.78, 5) is 0. The van der Waals surface area contributed by atoms with Crippen molar-refractivity contribution in [2.45, 2.75) is 0 Å². The minimum absolute atomic E-state index is 0.162. The maximum atomic E-state index is 13.1. The highest BCUT2D eigenvalue weighted by molar-refractivity contribution is 5.74. The molecule has 0 amide bonds. The number of nitriles is 1. The van der Waals surface area contributed by atoms with Crippen LogP contribution in [-0.2, 0) is 0 Å². The summed E-state index contributed by atoms with van der Waals surface area (Å²) in [5, 5.41) is 11.1. The molecule has 0 saturated carbocycles. The van der Waals surface area contributed by atoms with Crippen molar-refractivity contribution in [1.29, 1.82) is 5.26 Å². The molecule has 0 heterocycles. The lowest BCUT2D eigenvalue weighted by atomic mass is 10.1. The van der Waals surface area contributed by atoms with Crippen LogP contribution in [0.2, 0.25) is 0 Å². The normalized spacial score (nSPS) is 9.81. The molecule has 106 valence electrons. The van der Waals surface area contributed by atoms with Crippen LogP contribution in [0.15, 0.2) is 43.0 Å². The van der Waals surface area contributed by atoms with Crippen molar-refractivity contribution in [3.63, 3.8) is 0 Å². The van der Waals surface area contributed by atoms with Gasteiger partial charge in [-0.05, 0) is 35.0 Å². The third kappa shape index (κ3) is 2.87. The molecule has 0 unspecified atom stereocenters. The first-order valence-corrected chi connectivity index (χ1v) is 6.22. The fourth-order valence-electron chi connectivity index (χ4n) is 1.84. The van der Waals surface area contributed by atoms with E-state index in [1.165, 1.54) is 29.7 Å². The summed E-state index contributed by atoms with van der Waals surface area (Å²) in [6.07, 6.45) is 0. The van der Waals surface area contributed by atoms with Gasteiger partial charge in [0.15, 0.2) is 11.6 Å². The fourth-order valence-corrected chi connectivity index (χ4v) is 1.84. The zero-order valence-corrected chi connectivity index (χ0v) is 11.8. The summed E-state index contributed by atoms with van der Waals surface area (Å²) < 4.78 is 22.8. The fraction of sp³-hybridized carbons (Fsp3) is 0.118. The van der Waals surface area contributed by atoms with E-state index in [1.807, 2.05) is 12.1 Å². The van der Waals surface area contributed by atoms with E-state index in [4.69, 9.17) is 14.7 Å². The van der Waals surface area contributed by atoms with Gasteiger partial charge in [-0.3, -0.25) is 0 Å². The molecule has 0 aliphatic heterocycles. The van der Waals surface area contributed by atoms with Crippen LogP contribution in [0.4, 0.5) is 4.39 Å². The first-order chi connectivity index (χ1) is 10.1. The number of rotatable bonds is 3. The number of allylic oxidation sites excluding steroid dienone is 1. The van der Waals surface area contributed by atoms with E-state index >= 15 is 0 Å². The number of halogens is 1. The molecule has 0 saturated heterocycles. The van der Waals surface area contributed by atoms with Crippen LogP contribution in [-0.4, -0.2) is 14.2 Å². The molecule has 0 N–H and O–H groups in total. The Kier molecular flexibility index (Phi) is 4.24. The Balaban J connectivity index is 0.000000170. The van der Waals surface area contributed by atoms with Crippen molar-refractivity contribution in [2.24, 2.45) is 0 Å². The van der Waals surface area contributed by atoms with Gasteiger partial charge in [0.05, 0.1) is 25.9 Å². The Morgan fingerprint density at radius 2 is 1.81 bits per heavy atom. The van der Waals surface area contributed by atoms with Crippen LogP contribution >= 0.6 is 0 Å². The molecule has 0 bridgehead atoms. The van der Waals surface area contributed by atoms with E-state index in [-0.39, 0.29) is 11.3 Å². The molecule has 0 aromatic heterocycles. The second-order valence-corrected chi connectivity index (χ2v) is 4.35. The molecular formula is C17H14FNO2. The van der Waals surface area contributed by atoms with Crippen LogP contribution < -0.4 is 9.47 Å². The van der Waals surface area contributed by atoms with Gasteiger partial charge in [0.2, 0.25) is 0 Å². The minimum Gasteiger partial charge on any atom is -0.496 e. The molecule has 0 radical (unpaired) electrons. The lowest BCUT2D eigenvalue weighted by Gasteiger charge is -2.08. The van der Waals surface area contributed by atoms with Gasteiger partial charge < -0.3 is 9.47 Å². The molecule has 0 spiro atoms. The third-order valence-corrected chi connectivity index (χ3v) is 3.15. The van der Waals surface area contributed by atoms with Crippen molar-refractivity contribution in [3.8, 4) is 17.6 Å². The van der Waals surface area contributed by atoms with Crippen LogP contribution in [0.3, 0.4) is 0 Å². The van der Waals surface area contributed by atoms with Crippen molar-refractivity contribution in [1.82, 2.24) is 0 Å². The van der Waals surface area contributed by atoms with Gasteiger partial charge in [-0.25, -0.2) is 4.39 Å². The quantitative estimate of drug-likeness (QED) is 0.689. The van der Waals surface area contributed by atoms with E-state index in [1.54, 1.807) is 13.2 Å². The van der Waals surface area contributed by atoms with E-state index in [0.29, 0.717) is 5.56 Å². The Hall–Kier alpha value is -2.80. The number of ether oxygens (including phenoxy) is 2. The summed E-state index contributed by atoms with van der Waals surface area (Å²) in [7, 11) is 3.08. The van der Waals surface area contributed by atoms with Crippen molar-refractivity contribution in [2.75, 3.05) is 14.2 Å². The number of benzene rings is 2. The van der Waals surface area contributed by atoms with Crippen molar-refractivity contribution < 1.29 is 13.9 Å². The average molecular weight is 283 g/mol. The summed E-state index contributed by atoms with van der Waals surface area (Å²) >= 11 is 0. The minimum atomic E-state index is -0.489. The number of methoxy groups -OCH3 is 2. The maximum absolute atomic E-state index is 13.1. The lowest BCUT2D eigenvalue weighted by Crippen LogP contribution is -1.92. The summed E-state index contributed by atoms with van der Waals surface area (Å²) in [5.41, 5.74) is 0.711. The van der Waals surface area contributed by atoms with Crippen LogP contribution in [0, 0.1) is 27.6 Å². The zero-order valence-electron chi connectivity index (χ0n) is 11.8. The predicted molar refractivity (Wildman–Crippen MR) is 78.3 cm³/mol. The lowest BCUT2D eigenvalue weighted by molar-refractivity contribution is 0.386. The van der Waals surface area contributed by atoms with E-state index in [0.717, 1.165) is 5.75 Å². The van der Waals surface area contributed by atoms with Gasteiger partial charge in [-0.1, -0.05) is 18.7 Å². The van der Waals surface area contributed by atoms with E-state index in [2.05, 4.69) is 18.7 Å². The topological polar surface area (TPSA) is 42.2 Å². The molecule has 1 aromatic carbocycles. The SMILES string of the molecule is C=C(C#N)c1ccc(OC)c(F)c1.COc1cc2ccc1=2. The molecule has 4 heteroatoms. The van der Waals surface area contributed by atoms with Crippen molar-refractivity contribution >= 4 is 5.57 Å². The van der Waals surface area contributed by atoms with Gasteiger partial charge in [-0.15, -0.1) is 0 Å². The molecule has 21 heavy (non-hydrogen) atoms. The highest BCUT2D eigenvalue weighted by atomic mass is 19.1. The molecule has 2 aliphatic carbocycles. The third-order valence-electron chi connectivity index (χ3n) is 3.15.